The van der Waals surface area contributed by atoms with Crippen molar-refractivity contribution in [2.45, 2.75) is 13.2 Å². The number of rotatable bonds is 3. The van der Waals surface area contributed by atoms with E-state index >= 15 is 0 Å². The molecule has 3 N–H and O–H groups in total. The largest absolute Gasteiger partial charge is 0.433 e. The second kappa shape index (κ2) is 10.1. The van der Waals surface area contributed by atoms with Crippen LogP contribution in [0.2, 0.25) is 0 Å². The van der Waals surface area contributed by atoms with Crippen molar-refractivity contribution in [2.75, 3.05) is 13.2 Å². The van der Waals surface area contributed by atoms with Crippen LogP contribution in [0.3, 0.4) is 0 Å². The summed E-state index contributed by atoms with van der Waals surface area (Å²) in [5, 5.41) is 23.6. The van der Waals surface area contributed by atoms with Gasteiger partial charge in [0.05, 0.1) is 13.2 Å². The van der Waals surface area contributed by atoms with E-state index < -0.39 is 12.3 Å². The Morgan fingerprint density at radius 2 is 2.00 bits per heavy atom. The average Bonchev–Trinajstić information content (AvgIpc) is 2.04. The molecule has 5 nitrogen and oxygen atoms in total. The molecule has 12 heavy (non-hydrogen) atoms. The molecule has 0 amide bonds. The van der Waals surface area contributed by atoms with Gasteiger partial charge in [-0.05, 0) is 6.92 Å². The second-order valence-electron chi connectivity index (χ2n) is 1.69. The Kier molecular flexibility index (Phi) is 11.5. The number of aliphatic hydroxyl groups is 3. The highest BCUT2D eigenvalue weighted by atomic mass is 16.6. The minimum Gasteiger partial charge on any atom is -0.433 e. The summed E-state index contributed by atoms with van der Waals surface area (Å²) in [7, 11) is 0. The van der Waals surface area contributed by atoms with Crippen molar-refractivity contribution in [3.05, 3.63) is 12.7 Å². The number of hydrogen-bond acceptors (Lipinski definition) is 5. The molecular formula is C7H14O5. The fraction of sp³-hybridized carbons (Fsp3) is 0.571. The summed E-state index contributed by atoms with van der Waals surface area (Å²) in [5.74, 6) is -0.611. The Morgan fingerprint density at radius 3 is 2.08 bits per heavy atom. The summed E-state index contributed by atoms with van der Waals surface area (Å²) in [6.07, 6.45) is -0.0484. The minimum atomic E-state index is -1.04. The first-order valence-electron chi connectivity index (χ1n) is 3.31. The van der Waals surface area contributed by atoms with Crippen LogP contribution < -0.4 is 0 Å². The molecule has 0 saturated heterocycles. The molecule has 0 rings (SSSR count). The topological polar surface area (TPSA) is 87.0 Å². The van der Waals surface area contributed by atoms with E-state index in [0.29, 0.717) is 0 Å². The van der Waals surface area contributed by atoms with Crippen LogP contribution >= 0.6 is 0 Å². The van der Waals surface area contributed by atoms with Gasteiger partial charge < -0.3 is 20.1 Å². The molecule has 1 atom stereocenters. The predicted octanol–water partition coefficient (Wildman–Crippen LogP) is -0.975. The fourth-order valence-corrected chi connectivity index (χ4v) is 0.216. The van der Waals surface area contributed by atoms with Crippen LogP contribution in [-0.2, 0) is 9.53 Å². The van der Waals surface area contributed by atoms with Crippen molar-refractivity contribution in [3.63, 3.8) is 0 Å². The van der Waals surface area contributed by atoms with Gasteiger partial charge in [0.2, 0.25) is 0 Å². The van der Waals surface area contributed by atoms with E-state index in [9.17, 15) is 4.79 Å². The maximum atomic E-state index is 10.1. The van der Waals surface area contributed by atoms with Crippen LogP contribution in [0.15, 0.2) is 12.7 Å². The zero-order chi connectivity index (χ0) is 9.98. The van der Waals surface area contributed by atoms with Gasteiger partial charge in [-0.25, -0.2) is 4.79 Å². The van der Waals surface area contributed by atoms with Crippen molar-refractivity contribution in [1.29, 1.82) is 0 Å². The van der Waals surface area contributed by atoms with Crippen molar-refractivity contribution in [3.8, 4) is 0 Å². The van der Waals surface area contributed by atoms with Gasteiger partial charge in [-0.15, -0.1) is 0 Å². The van der Waals surface area contributed by atoms with Crippen LogP contribution in [0.5, 0.6) is 0 Å². The van der Waals surface area contributed by atoms with Gasteiger partial charge in [0, 0.05) is 6.08 Å². The molecule has 0 aliphatic rings. The van der Waals surface area contributed by atoms with Crippen LogP contribution in [0.25, 0.3) is 0 Å². The molecule has 0 aliphatic heterocycles. The number of carbonyl (C=O) groups excluding carboxylic acids is 1. The number of aliphatic hydroxyl groups excluding tert-OH is 3. The van der Waals surface area contributed by atoms with Crippen LogP contribution in [0, 0.1) is 0 Å². The lowest BCUT2D eigenvalue weighted by Gasteiger charge is -2.01. The Balaban J connectivity index is 0. The third kappa shape index (κ3) is 16.0. The molecule has 0 saturated carbocycles. The maximum Gasteiger partial charge on any atom is 0.332 e. The molecule has 0 fully saturated rings. The van der Waals surface area contributed by atoms with Gasteiger partial charge in [-0.3, -0.25) is 0 Å². The number of hydrogen-bond donors (Lipinski definition) is 3. The third-order valence-electron chi connectivity index (χ3n) is 0.553. The van der Waals surface area contributed by atoms with Crippen molar-refractivity contribution in [2.24, 2.45) is 0 Å². The summed E-state index contributed by atoms with van der Waals surface area (Å²) in [6, 6.07) is 0. The van der Waals surface area contributed by atoms with Gasteiger partial charge in [0.1, 0.15) is 0 Å². The summed E-state index contributed by atoms with van der Waals surface area (Å²) < 4.78 is 4.20. The predicted molar refractivity (Wildman–Crippen MR) is 42.1 cm³/mol. The third-order valence-corrected chi connectivity index (χ3v) is 0.553. The smallest absolute Gasteiger partial charge is 0.332 e. The molecule has 0 aliphatic carbocycles. The van der Waals surface area contributed by atoms with Crippen molar-refractivity contribution >= 4 is 5.97 Å². The Labute approximate surface area is 70.9 Å². The molecule has 0 radical (unpaired) electrons. The monoisotopic (exact) mass is 178 g/mol. The van der Waals surface area contributed by atoms with Crippen LogP contribution in [0.1, 0.15) is 6.92 Å². The summed E-state index contributed by atoms with van der Waals surface area (Å²) in [6.45, 7) is 4.23. The van der Waals surface area contributed by atoms with E-state index in [1.165, 1.54) is 6.92 Å². The number of ether oxygens (including phenoxy) is 1. The molecular weight excluding hydrogens is 164 g/mol. The summed E-state index contributed by atoms with van der Waals surface area (Å²) in [4.78, 5) is 10.1. The van der Waals surface area contributed by atoms with Gasteiger partial charge in [-0.1, -0.05) is 6.58 Å². The van der Waals surface area contributed by atoms with Gasteiger partial charge in [0.25, 0.3) is 0 Å². The van der Waals surface area contributed by atoms with E-state index in [4.69, 9.17) is 15.3 Å². The zero-order valence-electron chi connectivity index (χ0n) is 6.93. The maximum absolute atomic E-state index is 10.1. The zero-order valence-corrected chi connectivity index (χ0v) is 6.93. The first kappa shape index (κ1) is 13.7. The molecule has 1 unspecified atom stereocenters. The van der Waals surface area contributed by atoms with Gasteiger partial charge in [0.15, 0.2) is 6.29 Å². The lowest BCUT2D eigenvalue weighted by Crippen LogP contribution is -2.10. The number of esters is 1. The molecule has 0 spiro atoms. The second-order valence-corrected chi connectivity index (χ2v) is 1.69. The molecule has 0 heterocycles. The van der Waals surface area contributed by atoms with Crippen molar-refractivity contribution < 1.29 is 24.9 Å². The Hall–Kier alpha value is -0.910. The fourth-order valence-electron chi connectivity index (χ4n) is 0.216. The minimum absolute atomic E-state index is 0.125. The highest BCUT2D eigenvalue weighted by Gasteiger charge is 1.97. The van der Waals surface area contributed by atoms with Gasteiger partial charge in [-0.2, -0.15) is 0 Å². The van der Waals surface area contributed by atoms with E-state index in [2.05, 4.69) is 11.3 Å². The molecule has 0 aromatic rings. The molecule has 72 valence electrons. The highest BCUT2D eigenvalue weighted by Crippen LogP contribution is 1.84. The Bertz CT molecular complexity index is 119. The normalized spacial score (nSPS) is 10.7. The van der Waals surface area contributed by atoms with E-state index in [1.54, 1.807) is 0 Å². The number of carbonyl (C=O) groups is 1. The highest BCUT2D eigenvalue weighted by molar-refractivity contribution is 5.81. The van der Waals surface area contributed by atoms with Crippen molar-refractivity contribution in [1.82, 2.24) is 0 Å². The van der Waals surface area contributed by atoms with E-state index in [-0.39, 0.29) is 13.2 Å². The molecule has 0 aromatic heterocycles. The standard InChI is InChI=1S/C5H8O3.C2H6O2/c1-3-5(7)8-4(2)6;3-1-2-4/h3-4,6H,1H2,2H3;3-4H,1-2H2. The molecule has 0 bridgehead atoms. The van der Waals surface area contributed by atoms with Crippen LogP contribution in [-0.4, -0.2) is 40.8 Å². The van der Waals surface area contributed by atoms with Gasteiger partial charge >= 0.3 is 5.97 Å². The average molecular weight is 178 g/mol. The quantitative estimate of drug-likeness (QED) is 0.294. The molecule has 0 aromatic carbocycles. The first-order chi connectivity index (χ1) is 5.58. The first-order valence-corrected chi connectivity index (χ1v) is 3.31. The van der Waals surface area contributed by atoms with Crippen LogP contribution in [0.4, 0.5) is 0 Å². The summed E-state index contributed by atoms with van der Waals surface area (Å²) >= 11 is 0. The van der Waals surface area contributed by atoms with E-state index in [0.717, 1.165) is 6.08 Å². The molecule has 5 heteroatoms. The lowest BCUT2D eigenvalue weighted by molar-refractivity contribution is -0.158. The SMILES string of the molecule is C=CC(=O)OC(C)O.OCCO. The lowest BCUT2D eigenvalue weighted by atomic mass is 10.6. The van der Waals surface area contributed by atoms with E-state index in [1.807, 2.05) is 0 Å². The summed E-state index contributed by atoms with van der Waals surface area (Å²) in [5.41, 5.74) is 0. The Morgan fingerprint density at radius 1 is 1.58 bits per heavy atom.